The number of hydrogen-bond donors (Lipinski definition) is 0. The van der Waals surface area contributed by atoms with Crippen molar-refractivity contribution < 1.29 is 125 Å². The van der Waals surface area contributed by atoms with Crippen LogP contribution in [0, 0.1) is 118 Å². The first-order valence-corrected chi connectivity index (χ1v) is 22.6. The number of rotatable bonds is 14. The second kappa shape index (κ2) is 22.6. The Hall–Kier alpha value is -10.1. The Morgan fingerprint density at radius 3 is 0.753 bits per heavy atom. The molecule has 0 aliphatic carbocycles. The third-order valence-electron chi connectivity index (χ3n) is 12.1. The van der Waals surface area contributed by atoms with E-state index >= 15 is 96.6 Å². The van der Waals surface area contributed by atoms with Crippen molar-refractivity contribution in [3.8, 4) is 70.7 Å². The molecule has 6 nitrogen and oxygen atoms in total. The molecule has 0 aromatic heterocycles. The maximum Gasteiger partial charge on any atom is 0.411 e. The van der Waals surface area contributed by atoms with E-state index in [1.165, 1.54) is 12.1 Å². The van der Waals surface area contributed by atoms with Crippen molar-refractivity contribution in [3.63, 3.8) is 0 Å². The van der Waals surface area contributed by atoms with Gasteiger partial charge in [-0.2, -0.15) is 61.5 Å². The number of alkyl halides is 6. The lowest BCUT2D eigenvalue weighted by Crippen LogP contribution is -2.54. The molecule has 0 aliphatic rings. The van der Waals surface area contributed by atoms with E-state index in [2.05, 4.69) is 21.3 Å². The number of ether oxygens (including phenoxy) is 4. The van der Waals surface area contributed by atoms with E-state index < -0.39 is 202 Å². The zero-order valence-electron chi connectivity index (χ0n) is 40.7. The number of carbonyl (C=O) groups is 2. The molecule has 8 rings (SSSR count). The van der Waals surface area contributed by atoms with Crippen molar-refractivity contribution in [2.24, 2.45) is 0 Å². The Labute approximate surface area is 459 Å². The summed E-state index contributed by atoms with van der Waals surface area (Å²) in [6.45, 7) is 0. The molecule has 0 N–H and O–H groups in total. The predicted octanol–water partition coefficient (Wildman–Crippen LogP) is 16.9. The maximum absolute atomic E-state index is 15.4. The van der Waals surface area contributed by atoms with Crippen LogP contribution < -0.4 is 18.9 Å². The summed E-state index contributed by atoms with van der Waals surface area (Å²) in [5.41, 5.74) is -19.1. The summed E-state index contributed by atoms with van der Waals surface area (Å²) in [7, 11) is 0. The summed E-state index contributed by atoms with van der Waals surface area (Å²) in [5, 5.41) is 0. The molecule has 0 heterocycles. The Bertz CT molecular complexity index is 3800. The molecule has 0 atom stereocenters. The molecule has 0 fully saturated rings. The van der Waals surface area contributed by atoms with Crippen molar-refractivity contribution in [2.45, 2.75) is 17.8 Å². The highest BCUT2D eigenvalue weighted by Crippen LogP contribution is 2.57. The first kappa shape index (κ1) is 61.0. The van der Waals surface area contributed by atoms with Crippen LogP contribution in [0.2, 0.25) is 0 Å². The molecule has 8 aromatic carbocycles. The van der Waals surface area contributed by atoms with Gasteiger partial charge in [0.2, 0.25) is 86.5 Å². The van der Waals surface area contributed by atoms with Crippen molar-refractivity contribution in [3.05, 3.63) is 235 Å². The maximum atomic E-state index is 15.4. The number of halogens is 22. The Balaban J connectivity index is 1.07. The van der Waals surface area contributed by atoms with Gasteiger partial charge in [0.25, 0.3) is 0 Å². The smallest absolute Gasteiger partial charge is 0.411 e. The van der Waals surface area contributed by atoms with Gasteiger partial charge in [0.1, 0.15) is 45.3 Å². The van der Waals surface area contributed by atoms with Crippen LogP contribution in [0.3, 0.4) is 0 Å². The van der Waals surface area contributed by atoms with Crippen molar-refractivity contribution in [1.82, 2.24) is 0 Å². The molecule has 0 saturated heterocycles. The predicted molar refractivity (Wildman–Crippen MR) is 247 cm³/mol. The molecule has 85 heavy (non-hydrogen) atoms. The van der Waals surface area contributed by atoms with Crippen LogP contribution in [0.5, 0.6) is 46.0 Å². The Morgan fingerprint density at radius 1 is 0.318 bits per heavy atom. The fourth-order valence-corrected chi connectivity index (χ4v) is 8.15. The molecule has 0 saturated carbocycles. The van der Waals surface area contributed by atoms with Gasteiger partial charge in [-0.15, -0.1) is 12.8 Å². The van der Waals surface area contributed by atoms with E-state index in [9.17, 15) is 9.59 Å². The second-order valence-electron chi connectivity index (χ2n) is 17.0. The summed E-state index contributed by atoms with van der Waals surface area (Å²) < 4.78 is 353. The van der Waals surface area contributed by atoms with E-state index in [0.29, 0.717) is 0 Å². The molecule has 0 unspecified atom stereocenters. The minimum atomic E-state index is -6.52. The molecule has 28 heteroatoms. The fraction of sp³-hybridized carbons (Fsp3) is 0.0526. The first-order chi connectivity index (χ1) is 39.8. The van der Waals surface area contributed by atoms with E-state index in [1.54, 1.807) is 0 Å². The topological polar surface area (TPSA) is 71.1 Å². The summed E-state index contributed by atoms with van der Waals surface area (Å²) >= 11 is 0. The normalized spacial score (nSPS) is 11.7. The van der Waals surface area contributed by atoms with Gasteiger partial charge >= 0.3 is 12.4 Å². The van der Waals surface area contributed by atoms with E-state index in [0.717, 1.165) is 36.4 Å². The molecule has 0 spiro atoms. The van der Waals surface area contributed by atoms with Gasteiger partial charge in [0.05, 0.1) is 0 Å². The standard InChI is InChI=1S/C57H18F22O6/c1-3-21-7-5-9-27(19-21)84-53-45(70)37(62)31(38(63)46(53)71)49(80)29-33(58)41(66)51(42(67)34(29)59)82-25-15-11-23(12-16-25)55(56(74,75)76,57(77,78)79)24-13-17-26(18-14-24)83-52-43(68)35(60)30(36(61)44(52)69)50(81)32-39(64)47(72)54(48(73)40(32)65)85-28-10-6-8-22(4-2)20-28/h1-2,5-20H. The van der Waals surface area contributed by atoms with Gasteiger partial charge in [0.15, 0.2) is 46.5 Å². The molecule has 0 amide bonds. The summed E-state index contributed by atoms with van der Waals surface area (Å²) in [6.07, 6.45) is -2.65. The molecular weight excluding hydrogens is 1200 g/mol. The molecule has 0 aliphatic heterocycles. The van der Waals surface area contributed by atoms with Crippen LogP contribution in [0.4, 0.5) is 96.6 Å². The zero-order chi connectivity index (χ0) is 62.7. The van der Waals surface area contributed by atoms with Crippen LogP contribution in [0.15, 0.2) is 97.1 Å². The quantitative estimate of drug-likeness (QED) is 0.0468. The lowest BCUT2D eigenvalue weighted by molar-refractivity contribution is -0.288. The fourth-order valence-electron chi connectivity index (χ4n) is 8.15. The molecule has 436 valence electrons. The minimum absolute atomic E-state index is 0.0159. The van der Waals surface area contributed by atoms with Crippen LogP contribution in [-0.4, -0.2) is 23.9 Å². The van der Waals surface area contributed by atoms with E-state index in [1.807, 2.05) is 0 Å². The highest BCUT2D eigenvalue weighted by molar-refractivity contribution is 6.10. The molecule has 0 radical (unpaired) electrons. The Kier molecular flexibility index (Phi) is 16.2. The lowest BCUT2D eigenvalue weighted by atomic mass is 9.73. The lowest BCUT2D eigenvalue weighted by Gasteiger charge is -2.38. The summed E-state index contributed by atoms with van der Waals surface area (Å²) in [5.74, 6) is -57.0. The average Bonchev–Trinajstić information content (AvgIpc) is 1.29. The minimum Gasteiger partial charge on any atom is -0.451 e. The third kappa shape index (κ3) is 10.4. The van der Waals surface area contributed by atoms with E-state index in [-0.39, 0.29) is 59.7 Å². The number of benzene rings is 8. The largest absolute Gasteiger partial charge is 0.451 e. The number of terminal acetylenes is 2. The van der Waals surface area contributed by atoms with E-state index in [4.69, 9.17) is 22.3 Å². The highest BCUT2D eigenvalue weighted by atomic mass is 19.4. The number of ketones is 2. The van der Waals surface area contributed by atoms with Crippen LogP contribution >= 0.6 is 0 Å². The van der Waals surface area contributed by atoms with Gasteiger partial charge < -0.3 is 18.9 Å². The highest BCUT2D eigenvalue weighted by Gasteiger charge is 2.72. The van der Waals surface area contributed by atoms with Crippen LogP contribution in [0.25, 0.3) is 0 Å². The third-order valence-corrected chi connectivity index (χ3v) is 12.1. The van der Waals surface area contributed by atoms with Gasteiger partial charge in [-0.3, -0.25) is 9.59 Å². The molecular formula is C57H18F22O6. The number of carbonyl (C=O) groups excluding carboxylic acids is 2. The van der Waals surface area contributed by atoms with Gasteiger partial charge in [-0.05, 0) is 71.8 Å². The summed E-state index contributed by atoms with van der Waals surface area (Å²) in [4.78, 5) is 26.1. The van der Waals surface area contributed by atoms with Gasteiger partial charge in [0, 0.05) is 11.1 Å². The van der Waals surface area contributed by atoms with Gasteiger partial charge in [-0.25, -0.2) is 35.1 Å². The van der Waals surface area contributed by atoms with Crippen molar-refractivity contribution >= 4 is 11.6 Å². The van der Waals surface area contributed by atoms with Crippen molar-refractivity contribution in [2.75, 3.05) is 0 Å². The molecule has 0 bridgehead atoms. The van der Waals surface area contributed by atoms with Gasteiger partial charge in [-0.1, -0.05) is 48.2 Å². The number of hydrogen-bond acceptors (Lipinski definition) is 6. The van der Waals surface area contributed by atoms with Crippen molar-refractivity contribution in [1.29, 1.82) is 0 Å². The monoisotopic (exact) mass is 1220 g/mol. The molecule has 8 aromatic rings. The second-order valence-corrected chi connectivity index (χ2v) is 17.0. The van der Waals surface area contributed by atoms with Crippen LogP contribution in [-0.2, 0) is 5.41 Å². The first-order valence-electron chi connectivity index (χ1n) is 22.6. The average molecular weight is 1220 g/mol. The summed E-state index contributed by atoms with van der Waals surface area (Å²) in [6, 6.07) is 8.73. The Morgan fingerprint density at radius 2 is 0.541 bits per heavy atom. The SMILES string of the molecule is C#Cc1cccc(Oc2c(F)c(F)c(C(=O)c3c(F)c(F)c(Oc4ccc(C(c5ccc(Oc6c(F)c(F)c(C(=O)c7c(F)c(F)c(Oc8cccc(C#C)c8)c(F)c7F)c(F)c6F)cc5)(C(F)(F)F)C(F)(F)F)cc4)c(F)c3F)c(F)c2F)c1. The zero-order valence-corrected chi connectivity index (χ0v) is 40.7. The van der Waals surface area contributed by atoms with Crippen LogP contribution in [0.1, 0.15) is 54.1 Å².